The second-order valence-electron chi connectivity index (χ2n) is 7.87. The highest BCUT2D eigenvalue weighted by molar-refractivity contribution is 8.18. The number of carbonyl (C=O) groups excluding carboxylic acids is 4. The molecular formula is C25H25N3O7S. The lowest BCUT2D eigenvalue weighted by atomic mass is 10.2. The van der Waals surface area contributed by atoms with Crippen LogP contribution >= 0.6 is 11.8 Å². The number of ether oxygens (including phenoxy) is 3. The van der Waals surface area contributed by atoms with Gasteiger partial charge in [-0.15, -0.1) is 0 Å². The fourth-order valence-corrected chi connectivity index (χ4v) is 4.48. The van der Waals surface area contributed by atoms with E-state index in [1.54, 1.807) is 36.4 Å². The fourth-order valence-electron chi connectivity index (χ4n) is 3.64. The van der Waals surface area contributed by atoms with Gasteiger partial charge in [0.1, 0.15) is 12.3 Å². The lowest BCUT2D eigenvalue weighted by molar-refractivity contribution is -0.142. The quantitative estimate of drug-likeness (QED) is 0.422. The maximum atomic E-state index is 12.8. The number of para-hydroxylation sites is 2. The molecule has 0 aromatic heterocycles. The second kappa shape index (κ2) is 11.7. The summed E-state index contributed by atoms with van der Waals surface area (Å²) >= 11 is 0.776. The van der Waals surface area contributed by atoms with Crippen LogP contribution in [0, 0.1) is 0 Å². The molecular weight excluding hydrogens is 486 g/mol. The molecule has 2 aliphatic rings. The Morgan fingerprint density at radius 3 is 2.53 bits per heavy atom. The summed E-state index contributed by atoms with van der Waals surface area (Å²) in [6, 6.07) is 14.1. The fraction of sp³-hybridized carbons (Fsp3) is 0.280. The van der Waals surface area contributed by atoms with E-state index >= 15 is 0 Å². The third-order valence-electron chi connectivity index (χ3n) is 5.47. The summed E-state index contributed by atoms with van der Waals surface area (Å²) < 4.78 is 15.2. The van der Waals surface area contributed by atoms with Gasteiger partial charge in [0.15, 0.2) is 6.61 Å². The van der Waals surface area contributed by atoms with Gasteiger partial charge >= 0.3 is 5.97 Å². The van der Waals surface area contributed by atoms with Gasteiger partial charge in [-0.1, -0.05) is 24.3 Å². The summed E-state index contributed by atoms with van der Waals surface area (Å²) in [6.07, 6.45) is 1.57. The van der Waals surface area contributed by atoms with E-state index < -0.39 is 23.0 Å². The Balaban J connectivity index is 1.38. The smallest absolute Gasteiger partial charge is 0.343 e. The predicted octanol–water partition coefficient (Wildman–Crippen LogP) is 2.75. The van der Waals surface area contributed by atoms with Gasteiger partial charge in [-0.25, -0.2) is 4.79 Å². The number of rotatable bonds is 8. The number of hydrogen-bond acceptors (Lipinski definition) is 9. The van der Waals surface area contributed by atoms with Crippen LogP contribution in [0.25, 0.3) is 6.08 Å². The van der Waals surface area contributed by atoms with Crippen molar-refractivity contribution in [2.45, 2.75) is 0 Å². The molecule has 2 saturated heterocycles. The number of carbonyl (C=O) groups is 4. The molecule has 3 amide bonds. The van der Waals surface area contributed by atoms with Crippen molar-refractivity contribution in [3.05, 3.63) is 59.0 Å². The molecule has 0 bridgehead atoms. The van der Waals surface area contributed by atoms with Crippen LogP contribution in [0.1, 0.15) is 5.56 Å². The molecule has 2 aliphatic heterocycles. The van der Waals surface area contributed by atoms with Crippen LogP contribution in [0.5, 0.6) is 5.75 Å². The summed E-state index contributed by atoms with van der Waals surface area (Å²) in [7, 11) is 1.27. The van der Waals surface area contributed by atoms with E-state index in [0.29, 0.717) is 43.3 Å². The minimum Gasteiger partial charge on any atom is -0.482 e. The summed E-state index contributed by atoms with van der Waals surface area (Å²) in [5.41, 5.74) is 2.14. The van der Waals surface area contributed by atoms with Crippen LogP contribution in [0.15, 0.2) is 53.4 Å². The Labute approximate surface area is 212 Å². The number of nitrogens with zero attached hydrogens (tertiary/aromatic N) is 2. The molecule has 36 heavy (non-hydrogen) atoms. The lowest BCUT2D eigenvalue weighted by Crippen LogP contribution is -2.38. The van der Waals surface area contributed by atoms with Gasteiger partial charge in [-0.05, 0) is 47.7 Å². The molecule has 2 heterocycles. The maximum absolute atomic E-state index is 12.8. The highest BCUT2D eigenvalue weighted by atomic mass is 32.2. The number of amides is 3. The summed E-state index contributed by atoms with van der Waals surface area (Å²) in [5.74, 6) is -1.04. The normalized spacial score (nSPS) is 16.9. The number of anilines is 2. The van der Waals surface area contributed by atoms with E-state index in [1.165, 1.54) is 7.11 Å². The van der Waals surface area contributed by atoms with Gasteiger partial charge in [-0.3, -0.25) is 19.3 Å². The summed E-state index contributed by atoms with van der Waals surface area (Å²) in [6.45, 7) is 2.02. The molecule has 2 fully saturated rings. The first-order valence-corrected chi connectivity index (χ1v) is 12.0. The number of esters is 1. The first-order chi connectivity index (χ1) is 17.4. The molecule has 1 N–H and O–H groups in total. The molecule has 11 heteroatoms. The van der Waals surface area contributed by atoms with Gasteiger partial charge in [0, 0.05) is 13.1 Å². The number of benzene rings is 2. The molecule has 0 aliphatic carbocycles. The van der Waals surface area contributed by atoms with Crippen molar-refractivity contribution in [3.63, 3.8) is 0 Å². The van der Waals surface area contributed by atoms with Crippen LogP contribution in [-0.2, 0) is 23.9 Å². The van der Waals surface area contributed by atoms with E-state index in [9.17, 15) is 19.2 Å². The van der Waals surface area contributed by atoms with Gasteiger partial charge in [0.25, 0.3) is 11.1 Å². The molecule has 0 saturated carbocycles. The third kappa shape index (κ3) is 6.23. The Morgan fingerprint density at radius 2 is 1.81 bits per heavy atom. The van der Waals surface area contributed by atoms with Crippen molar-refractivity contribution in [2.24, 2.45) is 0 Å². The maximum Gasteiger partial charge on any atom is 0.343 e. The van der Waals surface area contributed by atoms with Crippen molar-refractivity contribution in [3.8, 4) is 5.75 Å². The van der Waals surface area contributed by atoms with Crippen molar-refractivity contribution in [2.75, 3.05) is 56.8 Å². The van der Waals surface area contributed by atoms with Gasteiger partial charge < -0.3 is 24.4 Å². The van der Waals surface area contributed by atoms with Crippen LogP contribution in [0.3, 0.4) is 0 Å². The second-order valence-corrected chi connectivity index (χ2v) is 8.86. The van der Waals surface area contributed by atoms with Crippen LogP contribution < -0.4 is 15.0 Å². The van der Waals surface area contributed by atoms with E-state index in [4.69, 9.17) is 9.47 Å². The molecule has 0 radical (unpaired) electrons. The van der Waals surface area contributed by atoms with E-state index in [0.717, 1.165) is 22.3 Å². The van der Waals surface area contributed by atoms with Gasteiger partial charge in [0.2, 0.25) is 5.91 Å². The molecule has 0 atom stereocenters. The molecule has 2 aromatic rings. The largest absolute Gasteiger partial charge is 0.482 e. The van der Waals surface area contributed by atoms with E-state index in [2.05, 4.69) is 15.0 Å². The molecule has 0 spiro atoms. The minimum absolute atomic E-state index is 0.213. The number of nitrogens with one attached hydrogen (secondary N) is 1. The lowest BCUT2D eigenvalue weighted by Gasteiger charge is -2.30. The zero-order valence-corrected chi connectivity index (χ0v) is 20.4. The summed E-state index contributed by atoms with van der Waals surface area (Å²) in [5, 5.41) is 2.31. The average molecular weight is 512 g/mol. The molecule has 0 unspecified atom stereocenters. The van der Waals surface area contributed by atoms with Crippen LogP contribution in [0.2, 0.25) is 0 Å². The van der Waals surface area contributed by atoms with Crippen molar-refractivity contribution < 1.29 is 33.4 Å². The average Bonchev–Trinajstić information content (AvgIpc) is 3.16. The molecule has 2 aromatic carbocycles. The predicted molar refractivity (Wildman–Crippen MR) is 135 cm³/mol. The Kier molecular flexibility index (Phi) is 8.24. The molecule has 4 rings (SSSR count). The number of imide groups is 1. The number of methoxy groups -OCH3 is 1. The van der Waals surface area contributed by atoms with Crippen LogP contribution in [-0.4, -0.2) is 74.5 Å². The van der Waals surface area contributed by atoms with E-state index in [1.807, 2.05) is 18.2 Å². The zero-order chi connectivity index (χ0) is 25.5. The van der Waals surface area contributed by atoms with Gasteiger partial charge in [-0.2, -0.15) is 0 Å². The monoisotopic (exact) mass is 511 g/mol. The topological polar surface area (TPSA) is 114 Å². The van der Waals surface area contributed by atoms with Gasteiger partial charge in [0.05, 0.1) is 36.6 Å². The highest BCUT2D eigenvalue weighted by Gasteiger charge is 2.36. The molecule has 10 nitrogen and oxygen atoms in total. The number of thioether (sulfide) groups is 1. The van der Waals surface area contributed by atoms with Crippen molar-refractivity contribution in [1.82, 2.24) is 4.90 Å². The Morgan fingerprint density at radius 1 is 1.08 bits per heavy atom. The number of hydrogen-bond donors (Lipinski definition) is 1. The van der Waals surface area contributed by atoms with E-state index in [-0.39, 0.29) is 18.1 Å². The first kappa shape index (κ1) is 25.3. The third-order valence-corrected chi connectivity index (χ3v) is 6.37. The Hall–Kier alpha value is -3.83. The standard InChI is InChI=1S/C25H25N3O7S/c1-33-23(30)16-35-18-8-6-17(7-9-18)14-21-24(31)28(25(32)36-21)15-22(29)26-19-4-2-3-5-20(19)27-10-12-34-13-11-27/h2-9,14H,10-13,15-16H2,1H3,(H,26,29)/b21-14-. The molecule has 188 valence electrons. The minimum atomic E-state index is -0.535. The SMILES string of the molecule is COC(=O)COc1ccc(/C=C2\SC(=O)N(CC(=O)Nc3ccccc3N3CCOCC3)C2=O)cc1. The summed E-state index contributed by atoms with van der Waals surface area (Å²) in [4.78, 5) is 52.5. The number of morpholine rings is 1. The van der Waals surface area contributed by atoms with Crippen LogP contribution in [0.4, 0.5) is 16.2 Å². The first-order valence-electron chi connectivity index (χ1n) is 11.2. The van der Waals surface area contributed by atoms with Crippen molar-refractivity contribution in [1.29, 1.82) is 0 Å². The highest BCUT2D eigenvalue weighted by Crippen LogP contribution is 2.33. The Bertz CT molecular complexity index is 1180. The van der Waals surface area contributed by atoms with Crippen molar-refractivity contribution >= 4 is 52.2 Å². The zero-order valence-electron chi connectivity index (χ0n) is 19.6.